The molecular formula is C17H20N4. The van der Waals surface area contributed by atoms with Crippen molar-refractivity contribution in [3.8, 4) is 0 Å². The predicted octanol–water partition coefficient (Wildman–Crippen LogP) is 3.06. The largest absolute Gasteiger partial charge is 0.336 e. The fourth-order valence-corrected chi connectivity index (χ4v) is 2.67. The van der Waals surface area contributed by atoms with Gasteiger partial charge in [-0.25, -0.2) is 4.98 Å². The van der Waals surface area contributed by atoms with E-state index in [1.807, 2.05) is 37.9 Å². The molecule has 4 nitrogen and oxygen atoms in total. The molecule has 0 spiro atoms. The maximum absolute atomic E-state index is 4.53. The highest BCUT2D eigenvalue weighted by atomic mass is 15.1. The van der Waals surface area contributed by atoms with Crippen LogP contribution in [0.1, 0.15) is 30.8 Å². The van der Waals surface area contributed by atoms with E-state index in [-0.39, 0.29) is 6.04 Å². The zero-order valence-corrected chi connectivity index (χ0v) is 12.5. The van der Waals surface area contributed by atoms with Crippen molar-refractivity contribution in [3.63, 3.8) is 0 Å². The molecule has 2 aromatic heterocycles. The first-order valence-electron chi connectivity index (χ1n) is 7.34. The fraction of sp³-hybridized carbons (Fsp3) is 0.294. The third-order valence-corrected chi connectivity index (χ3v) is 3.74. The van der Waals surface area contributed by atoms with E-state index in [1.54, 1.807) is 0 Å². The molecule has 4 heteroatoms. The van der Waals surface area contributed by atoms with Gasteiger partial charge in [-0.15, -0.1) is 0 Å². The number of nitrogens with zero attached hydrogens (tertiary/aromatic N) is 3. The average Bonchev–Trinajstić information content (AvgIpc) is 2.94. The lowest BCUT2D eigenvalue weighted by molar-refractivity contribution is 0.558. The van der Waals surface area contributed by atoms with Crippen LogP contribution in [0.4, 0.5) is 0 Å². The van der Waals surface area contributed by atoms with Crippen LogP contribution in [-0.4, -0.2) is 21.1 Å². The molecule has 108 valence electrons. The van der Waals surface area contributed by atoms with Gasteiger partial charge in [0.2, 0.25) is 0 Å². The van der Waals surface area contributed by atoms with E-state index < -0.39 is 0 Å². The highest BCUT2D eigenvalue weighted by molar-refractivity contribution is 5.85. The summed E-state index contributed by atoms with van der Waals surface area (Å²) in [4.78, 5) is 8.82. The number of nitrogens with one attached hydrogen (secondary N) is 1. The number of imidazole rings is 1. The maximum atomic E-state index is 4.53. The van der Waals surface area contributed by atoms with Crippen LogP contribution in [0.5, 0.6) is 0 Å². The molecule has 0 amide bonds. The molecule has 2 heterocycles. The van der Waals surface area contributed by atoms with E-state index >= 15 is 0 Å². The zero-order chi connectivity index (χ0) is 14.7. The summed E-state index contributed by atoms with van der Waals surface area (Å²) in [6.07, 6.45) is 8.69. The lowest BCUT2D eigenvalue weighted by Gasteiger charge is -2.20. The second-order valence-corrected chi connectivity index (χ2v) is 5.23. The summed E-state index contributed by atoms with van der Waals surface area (Å²) in [5.74, 6) is 1.03. The van der Waals surface area contributed by atoms with E-state index in [2.05, 4.69) is 45.0 Å². The smallest absolute Gasteiger partial charge is 0.130 e. The normalized spacial score (nSPS) is 12.7. The second kappa shape index (κ2) is 6.06. The van der Waals surface area contributed by atoms with Gasteiger partial charge in [-0.2, -0.15) is 0 Å². The van der Waals surface area contributed by atoms with Gasteiger partial charge in [0.25, 0.3) is 0 Å². The average molecular weight is 280 g/mol. The molecule has 0 fully saturated rings. The van der Waals surface area contributed by atoms with Gasteiger partial charge in [-0.3, -0.25) is 4.98 Å². The topological polar surface area (TPSA) is 42.7 Å². The minimum Gasteiger partial charge on any atom is -0.336 e. The van der Waals surface area contributed by atoms with Gasteiger partial charge in [-0.1, -0.05) is 25.1 Å². The SMILES string of the molecule is CCCNC(c1cccc2ccncc12)c1nccn1C. The van der Waals surface area contributed by atoms with Crippen molar-refractivity contribution in [2.45, 2.75) is 19.4 Å². The Kier molecular flexibility index (Phi) is 3.97. The first-order chi connectivity index (χ1) is 10.3. The molecule has 0 aliphatic carbocycles. The number of hydrogen-bond acceptors (Lipinski definition) is 3. The second-order valence-electron chi connectivity index (χ2n) is 5.23. The predicted molar refractivity (Wildman–Crippen MR) is 85.1 cm³/mol. The van der Waals surface area contributed by atoms with Gasteiger partial charge in [0.05, 0.1) is 6.04 Å². The molecule has 1 atom stereocenters. The summed E-state index contributed by atoms with van der Waals surface area (Å²) in [5, 5.41) is 6.00. The summed E-state index contributed by atoms with van der Waals surface area (Å²) in [7, 11) is 2.03. The molecule has 0 aliphatic heterocycles. The quantitative estimate of drug-likeness (QED) is 0.781. The lowest BCUT2D eigenvalue weighted by Crippen LogP contribution is -2.26. The van der Waals surface area contributed by atoms with Crippen molar-refractivity contribution < 1.29 is 0 Å². The van der Waals surface area contributed by atoms with Gasteiger partial charge in [0.1, 0.15) is 5.82 Å². The summed E-state index contributed by atoms with van der Waals surface area (Å²) in [6.45, 7) is 3.13. The summed E-state index contributed by atoms with van der Waals surface area (Å²) in [5.41, 5.74) is 1.23. The molecule has 3 rings (SSSR count). The number of pyridine rings is 1. The molecule has 0 radical (unpaired) electrons. The van der Waals surface area contributed by atoms with E-state index in [9.17, 15) is 0 Å². The van der Waals surface area contributed by atoms with E-state index in [4.69, 9.17) is 0 Å². The first kappa shape index (κ1) is 13.8. The van der Waals surface area contributed by atoms with Crippen molar-refractivity contribution in [2.75, 3.05) is 6.54 Å². The minimum absolute atomic E-state index is 0.0813. The Labute approximate surface area is 124 Å². The Bertz CT molecular complexity index is 727. The lowest BCUT2D eigenvalue weighted by atomic mass is 9.99. The molecule has 3 aromatic rings. The van der Waals surface area contributed by atoms with Crippen molar-refractivity contribution in [1.29, 1.82) is 0 Å². The van der Waals surface area contributed by atoms with Crippen LogP contribution in [0.2, 0.25) is 0 Å². The van der Waals surface area contributed by atoms with Crippen molar-refractivity contribution in [2.24, 2.45) is 7.05 Å². The molecule has 21 heavy (non-hydrogen) atoms. The van der Waals surface area contributed by atoms with Gasteiger partial charge >= 0.3 is 0 Å². The molecule has 0 aliphatic rings. The maximum Gasteiger partial charge on any atom is 0.130 e. The fourth-order valence-electron chi connectivity index (χ4n) is 2.67. The molecule has 1 N–H and O–H groups in total. The van der Waals surface area contributed by atoms with Crippen LogP contribution in [-0.2, 0) is 7.05 Å². The Morgan fingerprint density at radius 3 is 2.90 bits per heavy atom. The van der Waals surface area contributed by atoms with Crippen LogP contribution in [0.15, 0.2) is 49.1 Å². The van der Waals surface area contributed by atoms with Crippen molar-refractivity contribution in [1.82, 2.24) is 19.9 Å². The summed E-state index contributed by atoms with van der Waals surface area (Å²) < 4.78 is 2.07. The standard InChI is InChI=1S/C17H20N4/c1-3-8-19-16(17-20-10-11-21(17)2)14-6-4-5-13-7-9-18-12-15(13)14/h4-7,9-12,16,19H,3,8H2,1-2H3. The van der Waals surface area contributed by atoms with Crippen molar-refractivity contribution >= 4 is 10.8 Å². The zero-order valence-electron chi connectivity index (χ0n) is 12.5. The number of aryl methyl sites for hydroxylation is 1. The van der Waals surface area contributed by atoms with E-state index in [0.29, 0.717) is 0 Å². The number of benzene rings is 1. The molecule has 0 saturated heterocycles. The highest BCUT2D eigenvalue weighted by Crippen LogP contribution is 2.27. The Hall–Kier alpha value is -2.20. The Morgan fingerprint density at radius 2 is 2.14 bits per heavy atom. The van der Waals surface area contributed by atoms with Crippen LogP contribution < -0.4 is 5.32 Å². The number of fused-ring (bicyclic) bond motifs is 1. The van der Waals surface area contributed by atoms with Crippen molar-refractivity contribution in [3.05, 3.63) is 60.4 Å². The molecule has 0 bridgehead atoms. The van der Waals surface area contributed by atoms with Crippen LogP contribution in [0, 0.1) is 0 Å². The van der Waals surface area contributed by atoms with Gasteiger partial charge in [-0.05, 0) is 30.0 Å². The minimum atomic E-state index is 0.0813. The number of hydrogen-bond donors (Lipinski definition) is 1. The number of aromatic nitrogens is 3. The van der Waals surface area contributed by atoms with Gasteiger partial charge in [0.15, 0.2) is 0 Å². The van der Waals surface area contributed by atoms with Gasteiger partial charge in [0, 0.05) is 37.2 Å². The third kappa shape index (κ3) is 2.67. The number of rotatable bonds is 5. The van der Waals surface area contributed by atoms with Gasteiger partial charge < -0.3 is 9.88 Å². The first-order valence-corrected chi connectivity index (χ1v) is 7.34. The van der Waals surface area contributed by atoms with Crippen LogP contribution >= 0.6 is 0 Å². The molecule has 1 unspecified atom stereocenters. The Morgan fingerprint density at radius 1 is 1.24 bits per heavy atom. The summed E-state index contributed by atoms with van der Waals surface area (Å²) in [6, 6.07) is 8.51. The molecule has 1 aromatic carbocycles. The molecule has 0 saturated carbocycles. The Balaban J connectivity index is 2.12. The van der Waals surface area contributed by atoms with E-state index in [0.717, 1.165) is 18.8 Å². The monoisotopic (exact) mass is 280 g/mol. The highest BCUT2D eigenvalue weighted by Gasteiger charge is 2.19. The van der Waals surface area contributed by atoms with E-state index in [1.165, 1.54) is 16.3 Å². The van der Waals surface area contributed by atoms with Crippen LogP contribution in [0.25, 0.3) is 10.8 Å². The third-order valence-electron chi connectivity index (χ3n) is 3.74. The summed E-state index contributed by atoms with van der Waals surface area (Å²) >= 11 is 0. The molecular weight excluding hydrogens is 260 g/mol. The van der Waals surface area contributed by atoms with Crippen LogP contribution in [0.3, 0.4) is 0 Å².